The minimum absolute atomic E-state index is 0.184. The van der Waals surface area contributed by atoms with Crippen molar-refractivity contribution in [2.24, 2.45) is 0 Å². The minimum Gasteiger partial charge on any atom is -0.444 e. The third-order valence-corrected chi connectivity index (χ3v) is 6.86. The smallest absolute Gasteiger partial charge is 0.410 e. The van der Waals surface area contributed by atoms with Crippen LogP contribution in [-0.4, -0.2) is 41.0 Å². The van der Waals surface area contributed by atoms with Crippen molar-refractivity contribution in [1.82, 2.24) is 4.90 Å². The van der Waals surface area contributed by atoms with E-state index >= 15 is 0 Å². The van der Waals surface area contributed by atoms with Crippen LogP contribution in [-0.2, 0) is 14.3 Å². The van der Waals surface area contributed by atoms with Gasteiger partial charge in [0, 0.05) is 36.0 Å². The SMILES string of the molecule is CC(=O)Nc1ccc2ccccc2c1-c1c(NC(=O)[C@@H]2CCCN2C(=O)OC(C)(C)C)ccc2ccccc12. The molecule has 200 valence electrons. The van der Waals surface area contributed by atoms with Crippen molar-refractivity contribution in [1.29, 1.82) is 0 Å². The van der Waals surface area contributed by atoms with Gasteiger partial charge in [0.1, 0.15) is 11.6 Å². The largest absolute Gasteiger partial charge is 0.444 e. The molecule has 0 radical (unpaired) electrons. The number of hydrogen-bond donors (Lipinski definition) is 2. The van der Waals surface area contributed by atoms with Gasteiger partial charge in [-0.3, -0.25) is 14.5 Å². The highest BCUT2D eigenvalue weighted by molar-refractivity contribution is 6.16. The number of likely N-dealkylation sites (tertiary alicyclic amines) is 1. The van der Waals surface area contributed by atoms with Crippen LogP contribution >= 0.6 is 0 Å². The van der Waals surface area contributed by atoms with E-state index in [2.05, 4.69) is 10.6 Å². The van der Waals surface area contributed by atoms with Gasteiger partial charge < -0.3 is 15.4 Å². The summed E-state index contributed by atoms with van der Waals surface area (Å²) in [4.78, 5) is 40.3. The van der Waals surface area contributed by atoms with Crippen LogP contribution in [0.3, 0.4) is 0 Å². The number of hydrogen-bond acceptors (Lipinski definition) is 4. The van der Waals surface area contributed by atoms with E-state index in [0.29, 0.717) is 24.3 Å². The Morgan fingerprint density at radius 2 is 1.33 bits per heavy atom. The van der Waals surface area contributed by atoms with Gasteiger partial charge in [-0.05, 0) is 67.3 Å². The van der Waals surface area contributed by atoms with E-state index in [9.17, 15) is 14.4 Å². The second-order valence-corrected chi connectivity index (χ2v) is 10.9. The second kappa shape index (κ2) is 10.4. The van der Waals surface area contributed by atoms with Crippen LogP contribution < -0.4 is 10.6 Å². The number of fused-ring (bicyclic) bond motifs is 2. The van der Waals surface area contributed by atoms with Crippen LogP contribution in [0.1, 0.15) is 40.5 Å². The van der Waals surface area contributed by atoms with Crippen LogP contribution in [0.5, 0.6) is 0 Å². The van der Waals surface area contributed by atoms with Gasteiger partial charge >= 0.3 is 6.09 Å². The lowest BCUT2D eigenvalue weighted by Gasteiger charge is -2.28. The van der Waals surface area contributed by atoms with Gasteiger partial charge in [0.15, 0.2) is 0 Å². The maximum Gasteiger partial charge on any atom is 0.410 e. The summed E-state index contributed by atoms with van der Waals surface area (Å²) in [6, 6.07) is 23.0. The summed E-state index contributed by atoms with van der Waals surface area (Å²) in [5.41, 5.74) is 2.25. The molecule has 0 aromatic heterocycles. The van der Waals surface area contributed by atoms with Gasteiger partial charge in [0.25, 0.3) is 0 Å². The molecule has 0 saturated carbocycles. The molecule has 7 heteroatoms. The predicted octanol–water partition coefficient (Wildman–Crippen LogP) is 6.96. The molecule has 3 amide bonds. The average Bonchev–Trinajstić information content (AvgIpc) is 3.38. The standard InChI is InChI=1S/C32H33N3O4/c1-20(36)33-25-17-15-21-10-5-7-12-23(21)28(25)29-24-13-8-6-11-22(24)16-18-26(29)34-30(37)27-14-9-19-35(27)31(38)39-32(2,3)4/h5-8,10-13,15-18,27H,9,14,19H2,1-4H3,(H,33,36)(H,34,37)/t27-/m0/s1. The van der Waals surface area contributed by atoms with E-state index < -0.39 is 17.7 Å². The van der Waals surface area contributed by atoms with E-state index in [1.807, 2.05) is 93.6 Å². The summed E-state index contributed by atoms with van der Waals surface area (Å²) >= 11 is 0. The van der Waals surface area contributed by atoms with Crippen LogP contribution in [0.25, 0.3) is 32.7 Å². The summed E-state index contributed by atoms with van der Waals surface area (Å²) < 4.78 is 5.57. The zero-order valence-electron chi connectivity index (χ0n) is 22.7. The molecule has 4 aromatic rings. The molecule has 39 heavy (non-hydrogen) atoms. The van der Waals surface area contributed by atoms with Crippen molar-refractivity contribution >= 4 is 50.8 Å². The summed E-state index contributed by atoms with van der Waals surface area (Å²) in [5, 5.41) is 10.0. The van der Waals surface area contributed by atoms with Crippen molar-refractivity contribution < 1.29 is 19.1 Å². The predicted molar refractivity (Wildman–Crippen MR) is 156 cm³/mol. The van der Waals surface area contributed by atoms with Gasteiger partial charge in [-0.1, -0.05) is 60.7 Å². The molecule has 4 aromatic carbocycles. The van der Waals surface area contributed by atoms with E-state index in [0.717, 1.165) is 39.1 Å². The number of carbonyl (C=O) groups excluding carboxylic acids is 3. The number of benzene rings is 4. The molecule has 1 saturated heterocycles. The van der Waals surface area contributed by atoms with E-state index in [4.69, 9.17) is 4.74 Å². The Hall–Kier alpha value is -4.39. The second-order valence-electron chi connectivity index (χ2n) is 10.9. The number of anilines is 2. The molecule has 1 aliphatic rings. The molecule has 0 unspecified atom stereocenters. The number of rotatable bonds is 4. The van der Waals surface area contributed by atoms with Gasteiger partial charge in [0.05, 0.1) is 0 Å². The number of nitrogens with zero attached hydrogens (tertiary/aromatic N) is 1. The van der Waals surface area contributed by atoms with Crippen molar-refractivity contribution in [2.45, 2.75) is 52.2 Å². The van der Waals surface area contributed by atoms with E-state index in [1.165, 1.54) is 11.8 Å². The molecule has 0 bridgehead atoms. The topological polar surface area (TPSA) is 87.7 Å². The maximum absolute atomic E-state index is 13.7. The lowest BCUT2D eigenvalue weighted by molar-refractivity contribution is -0.120. The Labute approximate surface area is 228 Å². The Kier molecular flexibility index (Phi) is 7.00. The highest BCUT2D eigenvalue weighted by atomic mass is 16.6. The van der Waals surface area contributed by atoms with Crippen molar-refractivity contribution in [2.75, 3.05) is 17.2 Å². The normalized spacial score (nSPS) is 15.4. The molecule has 1 atom stereocenters. The fourth-order valence-electron chi connectivity index (χ4n) is 5.27. The number of nitrogens with one attached hydrogen (secondary N) is 2. The maximum atomic E-state index is 13.7. The monoisotopic (exact) mass is 523 g/mol. The lowest BCUT2D eigenvalue weighted by Crippen LogP contribution is -2.45. The van der Waals surface area contributed by atoms with E-state index in [-0.39, 0.29) is 11.8 Å². The zero-order valence-corrected chi connectivity index (χ0v) is 22.7. The fraction of sp³-hybridized carbons (Fsp3) is 0.281. The zero-order chi connectivity index (χ0) is 27.7. The molecule has 5 rings (SSSR count). The van der Waals surface area contributed by atoms with Gasteiger partial charge in [0.2, 0.25) is 11.8 Å². The molecular formula is C32H33N3O4. The highest BCUT2D eigenvalue weighted by Gasteiger charge is 2.37. The highest BCUT2D eigenvalue weighted by Crippen LogP contribution is 2.43. The van der Waals surface area contributed by atoms with Crippen LogP contribution in [0.2, 0.25) is 0 Å². The third-order valence-electron chi connectivity index (χ3n) is 6.86. The first-order valence-electron chi connectivity index (χ1n) is 13.2. The third kappa shape index (κ3) is 5.43. The fourth-order valence-corrected chi connectivity index (χ4v) is 5.27. The Morgan fingerprint density at radius 3 is 1.87 bits per heavy atom. The molecule has 1 aliphatic heterocycles. The first kappa shape index (κ1) is 26.2. The Balaban J connectivity index is 1.63. The molecule has 1 fully saturated rings. The number of amides is 3. The first-order chi connectivity index (χ1) is 18.6. The lowest BCUT2D eigenvalue weighted by atomic mass is 9.90. The number of ether oxygens (including phenoxy) is 1. The van der Waals surface area contributed by atoms with Crippen molar-refractivity contribution in [3.8, 4) is 11.1 Å². The summed E-state index contributed by atoms with van der Waals surface area (Å²) in [5.74, 6) is -0.451. The van der Waals surface area contributed by atoms with Gasteiger partial charge in [-0.15, -0.1) is 0 Å². The average molecular weight is 524 g/mol. The van der Waals surface area contributed by atoms with Crippen LogP contribution in [0, 0.1) is 0 Å². The molecule has 1 heterocycles. The quantitative estimate of drug-likeness (QED) is 0.303. The molecular weight excluding hydrogens is 490 g/mol. The molecule has 0 spiro atoms. The van der Waals surface area contributed by atoms with Gasteiger partial charge in [-0.2, -0.15) is 0 Å². The summed E-state index contributed by atoms with van der Waals surface area (Å²) in [6.45, 7) is 7.39. The van der Waals surface area contributed by atoms with Crippen LogP contribution in [0.15, 0.2) is 72.8 Å². The number of carbonyl (C=O) groups is 3. The minimum atomic E-state index is -0.652. The molecule has 0 aliphatic carbocycles. The van der Waals surface area contributed by atoms with Crippen molar-refractivity contribution in [3.05, 3.63) is 72.8 Å². The van der Waals surface area contributed by atoms with E-state index in [1.54, 1.807) is 0 Å². The van der Waals surface area contributed by atoms with Crippen molar-refractivity contribution in [3.63, 3.8) is 0 Å². The van der Waals surface area contributed by atoms with Gasteiger partial charge in [-0.25, -0.2) is 4.79 Å². The Bertz CT molecular complexity index is 1590. The summed E-state index contributed by atoms with van der Waals surface area (Å²) in [6.07, 6.45) is 0.790. The molecule has 7 nitrogen and oxygen atoms in total. The first-order valence-corrected chi connectivity index (χ1v) is 13.2. The Morgan fingerprint density at radius 1 is 0.795 bits per heavy atom. The summed E-state index contributed by atoms with van der Waals surface area (Å²) in [7, 11) is 0. The van der Waals surface area contributed by atoms with Crippen LogP contribution in [0.4, 0.5) is 16.2 Å². The molecule has 2 N–H and O–H groups in total.